The number of fused-ring (bicyclic) bond motifs is 2. The molecule has 1 aliphatic heterocycles. The number of sulfonamides is 1. The SMILES string of the molecule is Cn1cc(-c2ccc3c(c2)CC[C@@]32OC(=O)N(CC(=O)N(Cc3ccc(F)cc3)[C@H]3CC[C@H](NS(C)(=O)=O)CC3)C2=O)cn1. The highest BCUT2D eigenvalue weighted by molar-refractivity contribution is 7.88. The second kappa shape index (κ2) is 11.4. The molecule has 1 N–H and O–H groups in total. The number of carbonyl (C=O) groups excluding carboxylic acids is 3. The molecule has 2 aromatic carbocycles. The van der Waals surface area contributed by atoms with Crippen molar-refractivity contribution in [1.82, 2.24) is 24.3 Å². The second-order valence-corrected chi connectivity index (χ2v) is 13.7. The molecule has 3 aliphatic rings. The quantitative estimate of drug-likeness (QED) is 0.408. The van der Waals surface area contributed by atoms with Gasteiger partial charge in [0.1, 0.15) is 12.4 Å². The van der Waals surface area contributed by atoms with Gasteiger partial charge >= 0.3 is 6.09 Å². The molecule has 232 valence electrons. The Kier molecular flexibility index (Phi) is 7.78. The summed E-state index contributed by atoms with van der Waals surface area (Å²) in [5, 5.41) is 4.22. The van der Waals surface area contributed by atoms with Gasteiger partial charge in [-0.05, 0) is 60.9 Å². The van der Waals surface area contributed by atoms with Crippen LogP contribution in [0.3, 0.4) is 0 Å². The first-order valence-electron chi connectivity index (χ1n) is 14.6. The van der Waals surface area contributed by atoms with E-state index in [1.807, 2.05) is 31.4 Å². The topological polar surface area (TPSA) is 131 Å². The average Bonchev–Trinajstić information content (AvgIpc) is 3.64. The van der Waals surface area contributed by atoms with Crippen molar-refractivity contribution in [3.63, 3.8) is 0 Å². The number of ether oxygens (including phenoxy) is 1. The van der Waals surface area contributed by atoms with E-state index in [-0.39, 0.29) is 25.0 Å². The molecule has 2 aliphatic carbocycles. The maximum Gasteiger partial charge on any atom is 0.418 e. The van der Waals surface area contributed by atoms with E-state index in [4.69, 9.17) is 4.74 Å². The molecule has 3 amide bonds. The maximum absolute atomic E-state index is 13.9. The Morgan fingerprint density at radius 3 is 2.50 bits per heavy atom. The summed E-state index contributed by atoms with van der Waals surface area (Å²) >= 11 is 0. The third-order valence-electron chi connectivity index (χ3n) is 8.80. The summed E-state index contributed by atoms with van der Waals surface area (Å²) in [6, 6.07) is 11.0. The largest absolute Gasteiger partial charge is 0.427 e. The maximum atomic E-state index is 13.9. The first kappa shape index (κ1) is 29.9. The monoisotopic (exact) mass is 623 g/mol. The van der Waals surface area contributed by atoms with Crippen molar-refractivity contribution in [3.05, 3.63) is 77.4 Å². The number of nitrogens with zero attached hydrogens (tertiary/aromatic N) is 4. The van der Waals surface area contributed by atoms with Crippen molar-refractivity contribution in [1.29, 1.82) is 0 Å². The summed E-state index contributed by atoms with van der Waals surface area (Å²) in [5.41, 5.74) is 2.61. The molecule has 44 heavy (non-hydrogen) atoms. The van der Waals surface area contributed by atoms with Crippen LogP contribution in [0.5, 0.6) is 0 Å². The number of carbonyl (C=O) groups is 3. The molecule has 6 rings (SSSR count). The molecule has 1 atom stereocenters. The van der Waals surface area contributed by atoms with Crippen LogP contribution in [0.2, 0.25) is 0 Å². The van der Waals surface area contributed by atoms with Crippen molar-refractivity contribution in [2.24, 2.45) is 7.05 Å². The van der Waals surface area contributed by atoms with Crippen LogP contribution in [0.4, 0.5) is 9.18 Å². The van der Waals surface area contributed by atoms with Crippen LogP contribution in [-0.2, 0) is 50.0 Å². The van der Waals surface area contributed by atoms with Crippen LogP contribution in [0.15, 0.2) is 54.9 Å². The number of nitrogens with one attached hydrogen (secondary N) is 1. The molecule has 11 nitrogen and oxygen atoms in total. The lowest BCUT2D eigenvalue weighted by Crippen LogP contribution is -2.50. The van der Waals surface area contributed by atoms with E-state index < -0.39 is 45.9 Å². The Bertz CT molecular complexity index is 1720. The van der Waals surface area contributed by atoms with Crippen LogP contribution in [0.1, 0.15) is 48.8 Å². The molecule has 2 fully saturated rings. The van der Waals surface area contributed by atoms with Gasteiger partial charge in [0.2, 0.25) is 21.5 Å². The number of amides is 3. The number of hydrogen-bond donors (Lipinski definition) is 1. The number of aromatic nitrogens is 2. The molecule has 1 aromatic heterocycles. The van der Waals surface area contributed by atoms with Gasteiger partial charge in [0.05, 0.1) is 12.5 Å². The molecule has 3 aromatic rings. The predicted molar refractivity (Wildman–Crippen MR) is 158 cm³/mol. The van der Waals surface area contributed by atoms with Gasteiger partial charge in [0.15, 0.2) is 0 Å². The minimum atomic E-state index is -3.37. The molecule has 0 bridgehead atoms. The number of aryl methyl sites for hydroxylation is 2. The third-order valence-corrected chi connectivity index (χ3v) is 9.56. The Labute approximate surface area is 255 Å². The van der Waals surface area contributed by atoms with Crippen molar-refractivity contribution >= 4 is 27.9 Å². The molecular formula is C31H34FN5O6S. The average molecular weight is 624 g/mol. The molecule has 2 heterocycles. The Morgan fingerprint density at radius 2 is 1.84 bits per heavy atom. The summed E-state index contributed by atoms with van der Waals surface area (Å²) in [4.78, 5) is 43.4. The van der Waals surface area contributed by atoms with E-state index >= 15 is 0 Å². The van der Waals surface area contributed by atoms with Crippen LogP contribution >= 0.6 is 0 Å². The number of rotatable bonds is 8. The minimum absolute atomic E-state index is 0.149. The van der Waals surface area contributed by atoms with Gasteiger partial charge in [-0.25, -0.2) is 27.2 Å². The van der Waals surface area contributed by atoms with E-state index in [9.17, 15) is 27.2 Å². The van der Waals surface area contributed by atoms with Crippen LogP contribution in [0, 0.1) is 5.82 Å². The van der Waals surface area contributed by atoms with Crippen molar-refractivity contribution in [2.75, 3.05) is 12.8 Å². The molecular weight excluding hydrogens is 589 g/mol. The van der Waals surface area contributed by atoms with Crippen LogP contribution in [0.25, 0.3) is 11.1 Å². The number of benzene rings is 2. The zero-order valence-electron chi connectivity index (χ0n) is 24.5. The van der Waals surface area contributed by atoms with Crippen molar-refractivity contribution in [3.8, 4) is 11.1 Å². The first-order chi connectivity index (χ1) is 20.9. The molecule has 1 spiro atoms. The van der Waals surface area contributed by atoms with Crippen molar-refractivity contribution in [2.45, 2.75) is 62.8 Å². The highest BCUT2D eigenvalue weighted by Crippen LogP contribution is 2.46. The number of imide groups is 1. The fraction of sp³-hybridized carbons (Fsp3) is 0.419. The van der Waals surface area contributed by atoms with E-state index in [0.29, 0.717) is 43.2 Å². The highest BCUT2D eigenvalue weighted by atomic mass is 32.2. The Hall–Kier alpha value is -4.10. The summed E-state index contributed by atoms with van der Waals surface area (Å²) in [6.07, 6.45) is 6.81. The van der Waals surface area contributed by atoms with Gasteiger partial charge in [-0.2, -0.15) is 5.10 Å². The lowest BCUT2D eigenvalue weighted by Gasteiger charge is -2.37. The minimum Gasteiger partial charge on any atom is -0.427 e. The summed E-state index contributed by atoms with van der Waals surface area (Å²) < 4.78 is 47.2. The third kappa shape index (κ3) is 5.85. The summed E-state index contributed by atoms with van der Waals surface area (Å²) in [7, 11) is -1.54. The van der Waals surface area contributed by atoms with Gasteiger partial charge in [-0.1, -0.05) is 30.3 Å². The van der Waals surface area contributed by atoms with Crippen LogP contribution in [-0.4, -0.2) is 70.8 Å². The number of halogens is 1. The molecule has 1 saturated heterocycles. The summed E-state index contributed by atoms with van der Waals surface area (Å²) in [6.45, 7) is -0.346. The smallest absolute Gasteiger partial charge is 0.418 e. The summed E-state index contributed by atoms with van der Waals surface area (Å²) in [5.74, 6) is -1.41. The molecule has 1 saturated carbocycles. The van der Waals surface area contributed by atoms with Gasteiger partial charge in [0, 0.05) is 49.4 Å². The Morgan fingerprint density at radius 1 is 1.11 bits per heavy atom. The normalized spacial score (nSPS) is 23.2. The van der Waals surface area contributed by atoms with Gasteiger partial charge in [-0.15, -0.1) is 0 Å². The van der Waals surface area contributed by atoms with E-state index in [0.717, 1.165) is 27.8 Å². The second-order valence-electron chi connectivity index (χ2n) is 11.9. The zero-order valence-corrected chi connectivity index (χ0v) is 25.3. The first-order valence-corrected chi connectivity index (χ1v) is 16.5. The fourth-order valence-electron chi connectivity index (χ4n) is 6.64. The standard InChI is InChI=1S/C31H34FN5O6S/c1-35-18-23(16-33-35)21-5-12-27-22(15-21)13-14-31(27)29(39)37(30(40)43-31)19-28(38)36(17-20-3-6-24(32)7-4-20)26-10-8-25(9-11-26)34-44(2,41)42/h3-7,12,15-16,18,25-26,34H,8-11,13-14,17,19H2,1-2H3/t25-,26-,31-/m1/s1. The molecule has 0 radical (unpaired) electrons. The fourth-order valence-corrected chi connectivity index (χ4v) is 7.49. The Balaban J connectivity index is 1.21. The van der Waals surface area contributed by atoms with Gasteiger partial charge < -0.3 is 9.64 Å². The number of hydrogen-bond acceptors (Lipinski definition) is 7. The van der Waals surface area contributed by atoms with Crippen LogP contribution < -0.4 is 4.72 Å². The molecule has 13 heteroatoms. The van der Waals surface area contributed by atoms with Crippen molar-refractivity contribution < 1.29 is 31.9 Å². The highest BCUT2D eigenvalue weighted by Gasteiger charge is 2.58. The van der Waals surface area contributed by atoms with Gasteiger partial charge in [0.25, 0.3) is 5.91 Å². The zero-order chi connectivity index (χ0) is 31.2. The van der Waals surface area contributed by atoms with Gasteiger partial charge in [-0.3, -0.25) is 14.3 Å². The van der Waals surface area contributed by atoms with E-state index in [1.54, 1.807) is 27.9 Å². The predicted octanol–water partition coefficient (Wildman–Crippen LogP) is 3.24. The molecule has 0 unspecified atom stereocenters. The van der Waals surface area contributed by atoms with E-state index in [1.165, 1.54) is 12.1 Å². The lowest BCUT2D eigenvalue weighted by atomic mass is 9.90. The van der Waals surface area contributed by atoms with E-state index in [2.05, 4.69) is 9.82 Å². The lowest BCUT2D eigenvalue weighted by molar-refractivity contribution is -0.143.